The standard InChI is InChI=1S/C25H32N2O5S2/c1-4-25(20-10-7-11-21(12-20)26-33(2,28)29)22-15-27(16-23(22)25)17-24(32-34(3,30)31)13-18-8-5-6-9-19(18)14-24/h5-12,22-23,26H,4,13-17H2,1-3H3/t22-,23+,25+. The summed E-state index contributed by atoms with van der Waals surface area (Å²) in [4.78, 5) is 2.36. The lowest BCUT2D eigenvalue weighted by molar-refractivity contribution is 0.0446. The molecule has 2 aromatic carbocycles. The second kappa shape index (κ2) is 8.05. The minimum atomic E-state index is -3.60. The van der Waals surface area contributed by atoms with Gasteiger partial charge in [0.1, 0.15) is 5.60 Å². The van der Waals surface area contributed by atoms with Gasteiger partial charge < -0.3 is 0 Å². The number of hydrogen-bond donors (Lipinski definition) is 1. The number of benzene rings is 2. The van der Waals surface area contributed by atoms with Crippen molar-refractivity contribution >= 4 is 25.8 Å². The molecule has 1 saturated heterocycles. The third kappa shape index (κ3) is 4.39. The molecule has 0 bridgehead atoms. The zero-order valence-corrected chi connectivity index (χ0v) is 21.5. The molecule has 7 nitrogen and oxygen atoms in total. The van der Waals surface area contributed by atoms with E-state index in [0.717, 1.165) is 43.1 Å². The van der Waals surface area contributed by atoms with Crippen molar-refractivity contribution in [3.63, 3.8) is 0 Å². The SMILES string of the molecule is CC[C@]1(c2cccc(NS(C)(=O)=O)c2)[C@@H]2CN(CC3(OS(C)(=O)=O)Cc4ccccc4C3)C[C@@H]21. The van der Waals surface area contributed by atoms with Crippen LogP contribution in [0.1, 0.15) is 30.0 Å². The van der Waals surface area contributed by atoms with Crippen LogP contribution in [-0.2, 0) is 42.6 Å². The van der Waals surface area contributed by atoms with Gasteiger partial charge in [0.15, 0.2) is 0 Å². The number of nitrogens with one attached hydrogen (secondary N) is 1. The van der Waals surface area contributed by atoms with E-state index >= 15 is 0 Å². The topological polar surface area (TPSA) is 92.8 Å². The summed E-state index contributed by atoms with van der Waals surface area (Å²) < 4.78 is 56.1. The highest BCUT2D eigenvalue weighted by molar-refractivity contribution is 7.92. The van der Waals surface area contributed by atoms with Crippen LogP contribution in [0.5, 0.6) is 0 Å². The van der Waals surface area contributed by atoms with Gasteiger partial charge in [0, 0.05) is 43.6 Å². The van der Waals surface area contributed by atoms with Crippen LogP contribution >= 0.6 is 0 Å². The highest BCUT2D eigenvalue weighted by atomic mass is 32.2. The Bertz CT molecular complexity index is 1290. The second-order valence-electron chi connectivity index (χ2n) is 10.3. The fourth-order valence-corrected chi connectivity index (χ4v) is 8.14. The van der Waals surface area contributed by atoms with Crippen LogP contribution < -0.4 is 4.72 Å². The Morgan fingerprint density at radius 3 is 2.12 bits per heavy atom. The summed E-state index contributed by atoms with van der Waals surface area (Å²) >= 11 is 0. The molecule has 9 heteroatoms. The smallest absolute Gasteiger partial charge is 0.264 e. The van der Waals surface area contributed by atoms with Crippen LogP contribution in [-0.4, -0.2) is 59.5 Å². The van der Waals surface area contributed by atoms with E-state index in [-0.39, 0.29) is 5.41 Å². The molecular weight excluding hydrogens is 472 g/mol. The van der Waals surface area contributed by atoms with Gasteiger partial charge >= 0.3 is 0 Å². The van der Waals surface area contributed by atoms with Crippen LogP contribution in [0, 0.1) is 11.8 Å². The summed E-state index contributed by atoms with van der Waals surface area (Å²) in [6, 6.07) is 15.9. The van der Waals surface area contributed by atoms with Gasteiger partial charge in [-0.1, -0.05) is 43.3 Å². The van der Waals surface area contributed by atoms with E-state index in [9.17, 15) is 16.8 Å². The Morgan fingerprint density at radius 2 is 1.59 bits per heavy atom. The fourth-order valence-electron chi connectivity index (χ4n) is 6.77. The third-order valence-electron chi connectivity index (χ3n) is 7.88. The zero-order chi connectivity index (χ0) is 24.4. The average molecular weight is 505 g/mol. The molecule has 1 heterocycles. The van der Waals surface area contributed by atoms with Crippen LogP contribution in [0.4, 0.5) is 5.69 Å². The van der Waals surface area contributed by atoms with Crippen LogP contribution in [0.25, 0.3) is 0 Å². The monoisotopic (exact) mass is 504 g/mol. The first-order valence-corrected chi connectivity index (χ1v) is 15.4. The van der Waals surface area contributed by atoms with Gasteiger partial charge in [0.05, 0.1) is 12.5 Å². The van der Waals surface area contributed by atoms with E-state index in [2.05, 4.69) is 34.7 Å². The number of hydrogen-bond acceptors (Lipinski definition) is 6. The highest BCUT2D eigenvalue weighted by Crippen LogP contribution is 2.65. The van der Waals surface area contributed by atoms with Crippen molar-refractivity contribution in [1.29, 1.82) is 0 Å². The molecule has 0 aromatic heterocycles. The van der Waals surface area contributed by atoms with Crippen molar-refractivity contribution in [1.82, 2.24) is 4.90 Å². The molecule has 0 radical (unpaired) electrons. The maximum atomic E-state index is 12.2. The zero-order valence-electron chi connectivity index (χ0n) is 19.8. The van der Waals surface area contributed by atoms with E-state index in [1.807, 2.05) is 24.3 Å². The first kappa shape index (κ1) is 23.8. The minimum absolute atomic E-state index is 0.0369. The average Bonchev–Trinajstić information content (AvgIpc) is 2.98. The van der Waals surface area contributed by atoms with Crippen molar-refractivity contribution in [2.75, 3.05) is 36.9 Å². The Kier molecular flexibility index (Phi) is 5.63. The molecule has 184 valence electrons. The van der Waals surface area contributed by atoms with Gasteiger partial charge in [-0.25, -0.2) is 8.42 Å². The number of piperidine rings is 1. The summed E-state index contributed by atoms with van der Waals surface area (Å²) in [6.07, 6.45) is 4.48. The summed E-state index contributed by atoms with van der Waals surface area (Å²) in [6.45, 7) is 4.54. The van der Waals surface area contributed by atoms with Crippen molar-refractivity contribution in [2.24, 2.45) is 11.8 Å². The summed E-state index contributed by atoms with van der Waals surface area (Å²) in [5, 5.41) is 0. The number of fused-ring (bicyclic) bond motifs is 2. The third-order valence-corrected chi connectivity index (χ3v) is 9.14. The summed E-state index contributed by atoms with van der Waals surface area (Å²) in [5.74, 6) is 0.926. The molecular formula is C25H32N2O5S2. The Hall–Kier alpha value is -1.94. The van der Waals surface area contributed by atoms with Gasteiger partial charge in [-0.2, -0.15) is 8.42 Å². The second-order valence-corrected chi connectivity index (χ2v) is 13.7. The fraction of sp³-hybridized carbons (Fsp3) is 0.520. The van der Waals surface area contributed by atoms with Crippen molar-refractivity contribution < 1.29 is 21.0 Å². The molecule has 3 atom stereocenters. The molecule has 34 heavy (non-hydrogen) atoms. The molecule has 1 N–H and O–H groups in total. The largest absolute Gasteiger partial charge is 0.300 e. The van der Waals surface area contributed by atoms with Crippen LogP contribution in [0.2, 0.25) is 0 Å². The molecule has 0 amide bonds. The van der Waals surface area contributed by atoms with E-state index in [4.69, 9.17) is 4.18 Å². The molecule has 3 aliphatic rings. The van der Waals surface area contributed by atoms with E-state index < -0.39 is 25.7 Å². The summed E-state index contributed by atoms with van der Waals surface area (Å²) in [5.41, 5.74) is 3.37. The first-order valence-electron chi connectivity index (χ1n) is 11.7. The van der Waals surface area contributed by atoms with E-state index in [1.165, 1.54) is 5.56 Å². The predicted molar refractivity (Wildman–Crippen MR) is 133 cm³/mol. The molecule has 2 fully saturated rings. The van der Waals surface area contributed by atoms with Gasteiger partial charge in [-0.3, -0.25) is 13.8 Å². The molecule has 2 aliphatic carbocycles. The predicted octanol–water partition coefficient (Wildman–Crippen LogP) is 2.78. The Morgan fingerprint density at radius 1 is 0.971 bits per heavy atom. The Balaban J connectivity index is 1.33. The molecule has 1 saturated carbocycles. The minimum Gasteiger partial charge on any atom is -0.300 e. The lowest BCUT2D eigenvalue weighted by atomic mass is 9.87. The van der Waals surface area contributed by atoms with Gasteiger partial charge in [-0.05, 0) is 47.1 Å². The maximum absolute atomic E-state index is 12.2. The van der Waals surface area contributed by atoms with Gasteiger partial charge in [0.2, 0.25) is 10.0 Å². The lowest BCUT2D eigenvalue weighted by Crippen LogP contribution is -2.48. The molecule has 5 rings (SSSR count). The Labute approximate surface area is 202 Å². The molecule has 2 aromatic rings. The van der Waals surface area contributed by atoms with Crippen molar-refractivity contribution in [3.8, 4) is 0 Å². The molecule has 0 spiro atoms. The van der Waals surface area contributed by atoms with Crippen molar-refractivity contribution in [2.45, 2.75) is 37.2 Å². The number of anilines is 1. The number of nitrogens with zero attached hydrogens (tertiary/aromatic N) is 1. The first-order chi connectivity index (χ1) is 15.9. The van der Waals surface area contributed by atoms with E-state index in [1.54, 1.807) is 6.07 Å². The number of sulfonamides is 1. The van der Waals surface area contributed by atoms with Crippen molar-refractivity contribution in [3.05, 3.63) is 65.2 Å². The molecule has 1 aliphatic heterocycles. The summed E-state index contributed by atoms with van der Waals surface area (Å²) in [7, 11) is -6.93. The molecule has 0 unspecified atom stereocenters. The van der Waals surface area contributed by atoms with Crippen LogP contribution in [0.15, 0.2) is 48.5 Å². The maximum Gasteiger partial charge on any atom is 0.264 e. The number of likely N-dealkylation sites (tertiary alicyclic amines) is 1. The van der Waals surface area contributed by atoms with Gasteiger partial charge in [0.25, 0.3) is 10.1 Å². The quantitative estimate of drug-likeness (QED) is 0.556. The normalized spacial score (nSPS) is 27.9. The highest BCUT2D eigenvalue weighted by Gasteiger charge is 2.67. The van der Waals surface area contributed by atoms with Gasteiger partial charge in [-0.15, -0.1) is 0 Å². The van der Waals surface area contributed by atoms with E-state index in [0.29, 0.717) is 36.9 Å². The lowest BCUT2D eigenvalue weighted by Gasteiger charge is -2.35. The van der Waals surface area contributed by atoms with Crippen LogP contribution in [0.3, 0.4) is 0 Å². The number of rotatable bonds is 8.